The molecule has 0 aliphatic carbocycles. The number of alkyl halides is 3. The van der Waals surface area contributed by atoms with E-state index in [0.717, 1.165) is 10.6 Å². The first-order valence-corrected chi connectivity index (χ1v) is 10.4. The summed E-state index contributed by atoms with van der Waals surface area (Å²) in [5, 5.41) is 2.81. The monoisotopic (exact) mass is 499 g/mol. The molecule has 0 unspecified atom stereocenters. The van der Waals surface area contributed by atoms with Gasteiger partial charge in [0.2, 0.25) is 0 Å². The summed E-state index contributed by atoms with van der Waals surface area (Å²) in [6.07, 6.45) is -4.85. The number of carbonyl (C=O) groups excluding carboxylic acids is 2. The lowest BCUT2D eigenvalue weighted by Gasteiger charge is -2.36. The summed E-state index contributed by atoms with van der Waals surface area (Å²) in [7, 11) is 0. The summed E-state index contributed by atoms with van der Waals surface area (Å²) in [6, 6.07) is 12.1. The van der Waals surface area contributed by atoms with E-state index in [0.29, 0.717) is 41.2 Å². The number of anilines is 2. The first-order chi connectivity index (χ1) is 14.7. The minimum absolute atomic E-state index is 0.00342. The fraction of sp³-hybridized carbons (Fsp3) is 0.333. The molecule has 1 aliphatic heterocycles. The Morgan fingerprint density at radius 2 is 1.71 bits per heavy atom. The van der Waals surface area contributed by atoms with E-state index >= 15 is 0 Å². The second kappa shape index (κ2) is 9.59. The molecule has 1 fully saturated rings. The smallest absolute Gasteiger partial charge is 0.471 e. The molecule has 0 atom stereocenters. The van der Waals surface area contributed by atoms with E-state index in [-0.39, 0.29) is 19.0 Å². The van der Waals surface area contributed by atoms with Crippen LogP contribution in [0.3, 0.4) is 0 Å². The Morgan fingerprint density at radius 3 is 2.26 bits per heavy atom. The van der Waals surface area contributed by atoms with Gasteiger partial charge in [-0.25, -0.2) is 0 Å². The molecule has 0 radical (unpaired) electrons. The van der Waals surface area contributed by atoms with Gasteiger partial charge >= 0.3 is 12.1 Å². The molecule has 2 aromatic carbocycles. The number of nitrogens with zero attached hydrogens (tertiary/aromatic N) is 2. The van der Waals surface area contributed by atoms with Gasteiger partial charge in [0.05, 0.1) is 11.1 Å². The van der Waals surface area contributed by atoms with Gasteiger partial charge in [-0.05, 0) is 65.3 Å². The summed E-state index contributed by atoms with van der Waals surface area (Å²) in [6.45, 7) is 3.00. The van der Waals surface area contributed by atoms with Gasteiger partial charge in [-0.3, -0.25) is 9.59 Å². The molecule has 1 saturated heterocycles. The van der Waals surface area contributed by atoms with Gasteiger partial charge in [-0.1, -0.05) is 0 Å². The molecule has 10 heteroatoms. The Hall–Kier alpha value is -2.75. The fourth-order valence-electron chi connectivity index (χ4n) is 3.22. The van der Waals surface area contributed by atoms with Crippen LogP contribution in [0.5, 0.6) is 5.75 Å². The molecular formula is C21H21BrF3N3O3. The number of carbonyl (C=O) groups is 2. The largest absolute Gasteiger partial charge is 0.493 e. The molecule has 3 rings (SSSR count). The first-order valence-electron chi connectivity index (χ1n) is 9.64. The van der Waals surface area contributed by atoms with Gasteiger partial charge in [0.25, 0.3) is 5.91 Å². The molecule has 1 N–H and O–H groups in total. The molecule has 1 heterocycles. The van der Waals surface area contributed by atoms with Gasteiger partial charge in [-0.2, -0.15) is 13.2 Å². The molecule has 166 valence electrons. The molecule has 1 aliphatic rings. The number of piperazine rings is 1. The average Bonchev–Trinajstić information content (AvgIpc) is 2.75. The van der Waals surface area contributed by atoms with Crippen molar-refractivity contribution in [1.82, 2.24) is 4.90 Å². The zero-order valence-corrected chi connectivity index (χ0v) is 18.3. The standard InChI is InChI=1S/C21H21BrF3N3O3/c1-2-31-18-8-3-14(13-17(18)22)19(29)26-15-4-6-16(7-5-15)27-9-11-28(12-10-27)20(30)21(23,24)25/h3-8,13H,2,9-12H2,1H3,(H,26,29). The van der Waals surface area contributed by atoms with Crippen LogP contribution >= 0.6 is 15.9 Å². The second-order valence-electron chi connectivity index (χ2n) is 6.86. The van der Waals surface area contributed by atoms with Crippen LogP contribution in [-0.2, 0) is 4.79 Å². The van der Waals surface area contributed by atoms with E-state index in [2.05, 4.69) is 21.2 Å². The summed E-state index contributed by atoms with van der Waals surface area (Å²) in [5.74, 6) is -1.43. The Morgan fingerprint density at radius 1 is 1.06 bits per heavy atom. The highest BCUT2D eigenvalue weighted by Gasteiger charge is 2.43. The van der Waals surface area contributed by atoms with Gasteiger partial charge in [0, 0.05) is 43.1 Å². The number of nitrogens with one attached hydrogen (secondary N) is 1. The first kappa shape index (κ1) is 22.9. The van der Waals surface area contributed by atoms with Crippen LogP contribution in [0.25, 0.3) is 0 Å². The van der Waals surface area contributed by atoms with Gasteiger partial charge in [-0.15, -0.1) is 0 Å². The number of ether oxygens (including phenoxy) is 1. The van der Waals surface area contributed by atoms with Crippen molar-refractivity contribution in [2.45, 2.75) is 13.1 Å². The number of rotatable bonds is 5. The van der Waals surface area contributed by atoms with Crippen LogP contribution in [0.15, 0.2) is 46.9 Å². The Labute approximate surface area is 186 Å². The van der Waals surface area contributed by atoms with Crippen molar-refractivity contribution in [3.63, 3.8) is 0 Å². The number of hydrogen-bond donors (Lipinski definition) is 1. The molecule has 0 aromatic heterocycles. The topological polar surface area (TPSA) is 61.9 Å². The molecular weight excluding hydrogens is 479 g/mol. The summed E-state index contributed by atoms with van der Waals surface area (Å²) < 4.78 is 43.8. The van der Waals surface area contributed by atoms with Crippen molar-refractivity contribution < 1.29 is 27.5 Å². The maximum atomic E-state index is 12.6. The van der Waals surface area contributed by atoms with Crippen LogP contribution in [0, 0.1) is 0 Å². The van der Waals surface area contributed by atoms with E-state index in [1.165, 1.54) is 0 Å². The quantitative estimate of drug-likeness (QED) is 0.665. The normalized spacial score (nSPS) is 14.4. The van der Waals surface area contributed by atoms with Crippen molar-refractivity contribution >= 4 is 39.1 Å². The fourth-order valence-corrected chi connectivity index (χ4v) is 3.71. The lowest BCUT2D eigenvalue weighted by molar-refractivity contribution is -0.185. The number of hydrogen-bond acceptors (Lipinski definition) is 4. The van der Waals surface area contributed by atoms with Gasteiger partial charge < -0.3 is 19.9 Å². The Balaban J connectivity index is 1.58. The molecule has 0 bridgehead atoms. The van der Waals surface area contributed by atoms with E-state index in [1.807, 2.05) is 11.8 Å². The van der Waals surface area contributed by atoms with Crippen molar-refractivity contribution in [2.75, 3.05) is 43.0 Å². The highest BCUT2D eigenvalue weighted by atomic mass is 79.9. The van der Waals surface area contributed by atoms with Crippen LogP contribution in [0.2, 0.25) is 0 Å². The predicted octanol–water partition coefficient (Wildman–Crippen LogP) is 4.31. The van der Waals surface area contributed by atoms with Crippen molar-refractivity contribution in [2.24, 2.45) is 0 Å². The number of amides is 2. The van der Waals surface area contributed by atoms with Crippen LogP contribution in [0.1, 0.15) is 17.3 Å². The average molecular weight is 500 g/mol. The third kappa shape index (κ3) is 5.69. The van der Waals surface area contributed by atoms with Crippen LogP contribution < -0.4 is 15.0 Å². The molecule has 0 saturated carbocycles. The van der Waals surface area contributed by atoms with E-state index in [9.17, 15) is 22.8 Å². The SMILES string of the molecule is CCOc1ccc(C(=O)Nc2ccc(N3CCN(C(=O)C(F)(F)F)CC3)cc2)cc1Br. The van der Waals surface area contributed by atoms with Crippen LogP contribution in [0.4, 0.5) is 24.5 Å². The van der Waals surface area contributed by atoms with Crippen molar-refractivity contribution in [3.05, 3.63) is 52.5 Å². The molecule has 2 aromatic rings. The van der Waals surface area contributed by atoms with E-state index < -0.39 is 12.1 Å². The summed E-state index contributed by atoms with van der Waals surface area (Å²) in [5.41, 5.74) is 1.86. The third-order valence-electron chi connectivity index (χ3n) is 4.79. The lowest BCUT2D eigenvalue weighted by Crippen LogP contribution is -2.52. The second-order valence-corrected chi connectivity index (χ2v) is 7.71. The van der Waals surface area contributed by atoms with E-state index in [4.69, 9.17) is 4.74 Å². The van der Waals surface area contributed by atoms with Gasteiger partial charge in [0.15, 0.2) is 0 Å². The van der Waals surface area contributed by atoms with Gasteiger partial charge in [0.1, 0.15) is 5.75 Å². The molecule has 6 nitrogen and oxygen atoms in total. The third-order valence-corrected chi connectivity index (χ3v) is 5.41. The number of benzene rings is 2. The highest BCUT2D eigenvalue weighted by Crippen LogP contribution is 2.27. The van der Waals surface area contributed by atoms with Crippen LogP contribution in [-0.4, -0.2) is 55.7 Å². The minimum Gasteiger partial charge on any atom is -0.493 e. The summed E-state index contributed by atoms with van der Waals surface area (Å²) >= 11 is 3.38. The highest BCUT2D eigenvalue weighted by molar-refractivity contribution is 9.10. The molecule has 0 spiro atoms. The maximum absolute atomic E-state index is 12.6. The number of halogens is 4. The van der Waals surface area contributed by atoms with Crippen molar-refractivity contribution in [1.29, 1.82) is 0 Å². The predicted molar refractivity (Wildman–Crippen MR) is 115 cm³/mol. The molecule has 31 heavy (non-hydrogen) atoms. The zero-order valence-electron chi connectivity index (χ0n) is 16.7. The lowest BCUT2D eigenvalue weighted by atomic mass is 10.2. The minimum atomic E-state index is -4.85. The molecule has 2 amide bonds. The van der Waals surface area contributed by atoms with E-state index in [1.54, 1.807) is 42.5 Å². The maximum Gasteiger partial charge on any atom is 0.471 e. The zero-order chi connectivity index (χ0) is 22.6. The summed E-state index contributed by atoms with van der Waals surface area (Å²) in [4.78, 5) is 26.5. The Bertz CT molecular complexity index is 943. The van der Waals surface area contributed by atoms with Crippen molar-refractivity contribution in [3.8, 4) is 5.75 Å². The Kier molecular flexibility index (Phi) is 7.09.